The van der Waals surface area contributed by atoms with Crippen molar-refractivity contribution in [1.82, 2.24) is 4.90 Å². The van der Waals surface area contributed by atoms with E-state index in [0.717, 1.165) is 29.9 Å². The van der Waals surface area contributed by atoms with Crippen LogP contribution in [0.25, 0.3) is 0 Å². The maximum Gasteiger partial charge on any atom is 0.120 e. The molecular weight excluding hydrogens is 302 g/mol. The average molecular weight is 318 g/mol. The Kier molecular flexibility index (Phi) is 3.58. The summed E-state index contributed by atoms with van der Waals surface area (Å²) in [5.74, 6) is 0.923. The smallest absolute Gasteiger partial charge is 0.120 e. The van der Waals surface area contributed by atoms with Gasteiger partial charge in [0.25, 0.3) is 0 Å². The van der Waals surface area contributed by atoms with Crippen LogP contribution in [0.4, 0.5) is 0 Å². The van der Waals surface area contributed by atoms with Gasteiger partial charge in [0.1, 0.15) is 5.75 Å². The second-order valence-corrected chi connectivity index (χ2v) is 5.73. The van der Waals surface area contributed by atoms with Crippen LogP contribution in [0.15, 0.2) is 46.9 Å². The van der Waals surface area contributed by atoms with E-state index in [1.54, 1.807) is 7.11 Å². The van der Waals surface area contributed by atoms with Gasteiger partial charge in [-0.05, 0) is 28.8 Å². The first-order chi connectivity index (χ1) is 9.26. The van der Waals surface area contributed by atoms with Crippen molar-refractivity contribution in [2.45, 2.75) is 19.6 Å². The molecule has 0 saturated heterocycles. The van der Waals surface area contributed by atoms with Crippen molar-refractivity contribution in [2.75, 3.05) is 7.11 Å². The highest BCUT2D eigenvalue weighted by molar-refractivity contribution is 9.10. The number of ether oxygens (including phenoxy) is 1. The Morgan fingerprint density at radius 1 is 1.16 bits per heavy atom. The second-order valence-electron chi connectivity index (χ2n) is 4.88. The normalized spacial score (nSPS) is 14.4. The molecule has 0 saturated carbocycles. The number of fused-ring (bicyclic) bond motifs is 1. The molecule has 0 bridgehead atoms. The van der Waals surface area contributed by atoms with Crippen LogP contribution in [0.2, 0.25) is 0 Å². The molecule has 2 aromatic rings. The zero-order valence-electron chi connectivity index (χ0n) is 10.9. The monoisotopic (exact) mass is 317 g/mol. The second kappa shape index (κ2) is 5.35. The van der Waals surface area contributed by atoms with E-state index in [2.05, 4.69) is 57.2 Å². The predicted molar refractivity (Wildman–Crippen MR) is 80.1 cm³/mol. The lowest BCUT2D eigenvalue weighted by molar-refractivity contribution is 0.275. The van der Waals surface area contributed by atoms with Gasteiger partial charge in [0.15, 0.2) is 0 Å². The molecule has 2 nitrogen and oxygen atoms in total. The van der Waals surface area contributed by atoms with Crippen molar-refractivity contribution in [2.24, 2.45) is 0 Å². The lowest BCUT2D eigenvalue weighted by Gasteiger charge is -2.14. The van der Waals surface area contributed by atoms with Crippen molar-refractivity contribution < 1.29 is 4.74 Å². The molecule has 1 aliphatic heterocycles. The first-order valence-corrected chi connectivity index (χ1v) is 7.17. The minimum Gasteiger partial charge on any atom is -0.497 e. The summed E-state index contributed by atoms with van der Waals surface area (Å²) in [5, 5.41) is 0. The lowest BCUT2D eigenvalue weighted by Crippen LogP contribution is -2.15. The molecule has 19 heavy (non-hydrogen) atoms. The van der Waals surface area contributed by atoms with Gasteiger partial charge in [-0.25, -0.2) is 0 Å². The van der Waals surface area contributed by atoms with Crippen molar-refractivity contribution in [3.63, 3.8) is 0 Å². The molecule has 3 rings (SSSR count). The van der Waals surface area contributed by atoms with Gasteiger partial charge in [0.2, 0.25) is 0 Å². The van der Waals surface area contributed by atoms with Crippen molar-refractivity contribution in [1.29, 1.82) is 0 Å². The molecule has 3 heteroatoms. The van der Waals surface area contributed by atoms with Gasteiger partial charge in [-0.1, -0.05) is 46.3 Å². The van der Waals surface area contributed by atoms with Gasteiger partial charge in [-0.15, -0.1) is 0 Å². The fourth-order valence-electron chi connectivity index (χ4n) is 2.58. The van der Waals surface area contributed by atoms with Crippen LogP contribution in [-0.2, 0) is 19.6 Å². The Morgan fingerprint density at radius 3 is 2.68 bits per heavy atom. The van der Waals surface area contributed by atoms with Crippen LogP contribution in [0, 0.1) is 0 Å². The number of benzene rings is 2. The van der Waals surface area contributed by atoms with E-state index in [9.17, 15) is 0 Å². The summed E-state index contributed by atoms with van der Waals surface area (Å²) in [6.45, 7) is 2.97. The van der Waals surface area contributed by atoms with Crippen LogP contribution in [0.3, 0.4) is 0 Å². The fraction of sp³-hybridized carbons (Fsp3) is 0.250. The first-order valence-electron chi connectivity index (χ1n) is 6.38. The molecular formula is C16H16BrNO. The third-order valence-corrected chi connectivity index (χ3v) is 4.23. The number of nitrogens with zero attached hydrogens (tertiary/aromatic N) is 1. The van der Waals surface area contributed by atoms with Gasteiger partial charge in [0, 0.05) is 24.1 Å². The van der Waals surface area contributed by atoms with Gasteiger partial charge >= 0.3 is 0 Å². The van der Waals surface area contributed by atoms with Crippen LogP contribution in [-0.4, -0.2) is 12.0 Å². The van der Waals surface area contributed by atoms with Crippen molar-refractivity contribution in [3.8, 4) is 5.75 Å². The Hall–Kier alpha value is -1.32. The quantitative estimate of drug-likeness (QED) is 0.849. The van der Waals surface area contributed by atoms with Gasteiger partial charge in [0.05, 0.1) is 7.11 Å². The summed E-state index contributed by atoms with van der Waals surface area (Å²) in [6, 6.07) is 14.8. The number of rotatable bonds is 3. The summed E-state index contributed by atoms with van der Waals surface area (Å²) in [4.78, 5) is 2.45. The highest BCUT2D eigenvalue weighted by Gasteiger charge is 2.22. The maximum atomic E-state index is 5.33. The molecule has 2 aromatic carbocycles. The first kappa shape index (κ1) is 12.7. The standard InChI is InChI=1S/C16H16BrNO/c1-19-14-7-13-10-18(11-15(13)16(17)8-14)9-12-5-3-2-4-6-12/h2-8H,9-11H2,1H3. The van der Waals surface area contributed by atoms with Gasteiger partial charge in [-0.2, -0.15) is 0 Å². The van der Waals surface area contributed by atoms with E-state index in [0.29, 0.717) is 0 Å². The number of methoxy groups -OCH3 is 1. The molecule has 0 aliphatic carbocycles. The van der Waals surface area contributed by atoms with Gasteiger partial charge in [-0.3, -0.25) is 4.90 Å². The summed E-state index contributed by atoms with van der Waals surface area (Å²) >= 11 is 3.65. The van der Waals surface area contributed by atoms with Crippen LogP contribution in [0.5, 0.6) is 5.75 Å². The molecule has 0 aromatic heterocycles. The minimum absolute atomic E-state index is 0.923. The van der Waals surface area contributed by atoms with E-state index in [-0.39, 0.29) is 0 Å². The zero-order chi connectivity index (χ0) is 13.2. The SMILES string of the molecule is COc1cc(Br)c2c(c1)CN(Cc1ccccc1)C2. The third kappa shape index (κ3) is 2.67. The van der Waals surface area contributed by atoms with Crippen LogP contribution >= 0.6 is 15.9 Å². The molecule has 0 unspecified atom stereocenters. The summed E-state index contributed by atoms with van der Waals surface area (Å²) in [7, 11) is 1.71. The predicted octanol–water partition coefficient (Wildman–Crippen LogP) is 3.97. The molecule has 98 valence electrons. The molecule has 1 heterocycles. The molecule has 0 N–H and O–H groups in total. The summed E-state index contributed by atoms with van der Waals surface area (Å²) < 4.78 is 6.48. The third-order valence-electron chi connectivity index (χ3n) is 3.52. The van der Waals surface area contributed by atoms with Crippen LogP contribution in [0.1, 0.15) is 16.7 Å². The minimum atomic E-state index is 0.923. The number of hydrogen-bond acceptors (Lipinski definition) is 2. The Labute approximate surface area is 122 Å². The number of hydrogen-bond donors (Lipinski definition) is 0. The topological polar surface area (TPSA) is 12.5 Å². The van der Waals surface area contributed by atoms with Crippen LogP contribution < -0.4 is 4.74 Å². The van der Waals surface area contributed by atoms with E-state index in [1.165, 1.54) is 16.7 Å². The lowest BCUT2D eigenvalue weighted by atomic mass is 10.1. The number of halogens is 1. The van der Waals surface area contributed by atoms with E-state index in [1.807, 2.05) is 6.07 Å². The molecule has 0 radical (unpaired) electrons. The Bertz CT molecular complexity index is 583. The van der Waals surface area contributed by atoms with E-state index < -0.39 is 0 Å². The van der Waals surface area contributed by atoms with Gasteiger partial charge < -0.3 is 4.74 Å². The Morgan fingerprint density at radius 2 is 1.95 bits per heavy atom. The van der Waals surface area contributed by atoms with Crippen molar-refractivity contribution in [3.05, 3.63) is 63.6 Å². The van der Waals surface area contributed by atoms with Crippen molar-refractivity contribution >= 4 is 15.9 Å². The summed E-state index contributed by atoms with van der Waals surface area (Å²) in [6.07, 6.45) is 0. The molecule has 0 atom stereocenters. The molecule has 0 spiro atoms. The van der Waals surface area contributed by atoms with E-state index >= 15 is 0 Å². The largest absolute Gasteiger partial charge is 0.497 e. The fourth-order valence-corrected chi connectivity index (χ4v) is 3.18. The Balaban J connectivity index is 1.79. The van der Waals surface area contributed by atoms with E-state index in [4.69, 9.17) is 4.74 Å². The highest BCUT2D eigenvalue weighted by atomic mass is 79.9. The molecule has 0 fully saturated rings. The average Bonchev–Trinajstić information content (AvgIpc) is 2.83. The maximum absolute atomic E-state index is 5.33. The molecule has 1 aliphatic rings. The molecule has 0 amide bonds. The summed E-state index contributed by atoms with van der Waals surface area (Å²) in [5.41, 5.74) is 4.11. The highest BCUT2D eigenvalue weighted by Crippen LogP contribution is 2.34. The zero-order valence-corrected chi connectivity index (χ0v) is 12.5.